The molecular formula is C19H19N3O4. The molecule has 1 saturated heterocycles. The third-order valence-electron chi connectivity index (χ3n) is 3.96. The molecule has 2 N–H and O–H groups in total. The van der Waals surface area contributed by atoms with Crippen molar-refractivity contribution in [1.29, 1.82) is 0 Å². The monoisotopic (exact) mass is 353 g/mol. The van der Waals surface area contributed by atoms with E-state index >= 15 is 0 Å². The van der Waals surface area contributed by atoms with Gasteiger partial charge in [0.05, 0.1) is 25.4 Å². The Hall–Kier alpha value is -3.35. The van der Waals surface area contributed by atoms with Gasteiger partial charge in [-0.1, -0.05) is 30.3 Å². The van der Waals surface area contributed by atoms with E-state index in [0.717, 1.165) is 4.90 Å². The number of para-hydroxylation sites is 2. The number of hydrogen-bond acceptors (Lipinski definition) is 4. The Balaban J connectivity index is 1.82. The fourth-order valence-corrected chi connectivity index (χ4v) is 2.71. The average Bonchev–Trinajstić information content (AvgIpc) is 2.96. The molecule has 0 bridgehead atoms. The van der Waals surface area contributed by atoms with E-state index in [1.807, 2.05) is 13.0 Å². The topological polar surface area (TPSA) is 87.7 Å². The van der Waals surface area contributed by atoms with Gasteiger partial charge in [-0.05, 0) is 30.7 Å². The molecule has 1 heterocycles. The largest absolute Gasteiger partial charge is 0.492 e. The molecule has 134 valence electrons. The Morgan fingerprint density at radius 1 is 1.15 bits per heavy atom. The number of imide groups is 1. The molecule has 26 heavy (non-hydrogen) atoms. The third-order valence-corrected chi connectivity index (χ3v) is 3.96. The summed E-state index contributed by atoms with van der Waals surface area (Å²) >= 11 is 0. The van der Waals surface area contributed by atoms with Crippen molar-refractivity contribution in [3.8, 4) is 5.75 Å². The molecule has 2 aromatic carbocycles. The van der Waals surface area contributed by atoms with Gasteiger partial charge in [0.25, 0.3) is 5.91 Å². The Morgan fingerprint density at radius 2 is 1.88 bits per heavy atom. The molecule has 0 unspecified atom stereocenters. The summed E-state index contributed by atoms with van der Waals surface area (Å²) in [6.45, 7) is 2.37. The van der Waals surface area contributed by atoms with Crippen LogP contribution in [0.4, 0.5) is 10.5 Å². The molecule has 0 saturated carbocycles. The first-order valence-electron chi connectivity index (χ1n) is 8.29. The molecule has 4 amide bonds. The zero-order chi connectivity index (χ0) is 18.5. The van der Waals surface area contributed by atoms with E-state index in [2.05, 4.69) is 10.6 Å². The standard InChI is InChI=1S/C19H19N3O4/c1-2-26-16-10-6-5-9-15(16)21-18(24)14-8-4-3-7-13(14)12-22-17(23)11-20-19(22)25/h3-10H,2,11-12H2,1H3,(H,20,25)(H,21,24). The smallest absolute Gasteiger partial charge is 0.324 e. The van der Waals surface area contributed by atoms with E-state index in [1.54, 1.807) is 42.5 Å². The molecule has 2 aromatic rings. The second-order valence-electron chi connectivity index (χ2n) is 5.68. The van der Waals surface area contributed by atoms with Crippen LogP contribution in [-0.2, 0) is 11.3 Å². The first-order chi connectivity index (χ1) is 12.6. The fourth-order valence-electron chi connectivity index (χ4n) is 2.71. The van der Waals surface area contributed by atoms with Crippen LogP contribution in [0.5, 0.6) is 5.75 Å². The lowest BCUT2D eigenvalue weighted by molar-refractivity contribution is -0.125. The highest BCUT2D eigenvalue weighted by Gasteiger charge is 2.29. The summed E-state index contributed by atoms with van der Waals surface area (Å²) in [7, 11) is 0. The molecule has 7 heteroatoms. The van der Waals surface area contributed by atoms with E-state index < -0.39 is 6.03 Å². The van der Waals surface area contributed by atoms with Crippen LogP contribution in [0.25, 0.3) is 0 Å². The van der Waals surface area contributed by atoms with Crippen LogP contribution in [0.1, 0.15) is 22.8 Å². The minimum absolute atomic E-state index is 0.0189. The molecule has 1 fully saturated rings. The maximum Gasteiger partial charge on any atom is 0.324 e. The van der Waals surface area contributed by atoms with Crippen LogP contribution >= 0.6 is 0 Å². The molecule has 1 aliphatic heterocycles. The number of hydrogen-bond donors (Lipinski definition) is 2. The second-order valence-corrected chi connectivity index (χ2v) is 5.68. The van der Waals surface area contributed by atoms with Gasteiger partial charge < -0.3 is 15.4 Å². The summed E-state index contributed by atoms with van der Waals surface area (Å²) in [6.07, 6.45) is 0. The minimum atomic E-state index is -0.452. The third kappa shape index (κ3) is 3.66. The van der Waals surface area contributed by atoms with Crippen molar-refractivity contribution in [3.05, 3.63) is 59.7 Å². The fraction of sp³-hybridized carbons (Fsp3) is 0.211. The second kappa shape index (κ2) is 7.69. The molecular weight excluding hydrogens is 334 g/mol. The first-order valence-corrected chi connectivity index (χ1v) is 8.29. The van der Waals surface area contributed by atoms with Gasteiger partial charge in [0.15, 0.2) is 0 Å². The van der Waals surface area contributed by atoms with Crippen LogP contribution in [0, 0.1) is 0 Å². The predicted octanol–water partition coefficient (Wildman–Crippen LogP) is 2.39. The maximum absolute atomic E-state index is 12.8. The highest BCUT2D eigenvalue weighted by molar-refractivity contribution is 6.06. The Bertz CT molecular complexity index is 834. The summed E-state index contributed by atoms with van der Waals surface area (Å²) in [5, 5.41) is 5.30. The van der Waals surface area contributed by atoms with Crippen LogP contribution in [-0.4, -0.2) is 35.9 Å². The van der Waals surface area contributed by atoms with Gasteiger partial charge in [-0.3, -0.25) is 14.5 Å². The zero-order valence-electron chi connectivity index (χ0n) is 14.3. The van der Waals surface area contributed by atoms with Crippen LogP contribution < -0.4 is 15.4 Å². The lowest BCUT2D eigenvalue weighted by Crippen LogP contribution is -2.31. The van der Waals surface area contributed by atoms with E-state index in [0.29, 0.717) is 29.2 Å². The maximum atomic E-state index is 12.8. The normalized spacial score (nSPS) is 13.5. The van der Waals surface area contributed by atoms with Gasteiger partial charge in [0, 0.05) is 5.56 Å². The van der Waals surface area contributed by atoms with Gasteiger partial charge in [-0.25, -0.2) is 4.79 Å². The van der Waals surface area contributed by atoms with E-state index in [4.69, 9.17) is 4.74 Å². The first kappa shape index (κ1) is 17.5. The van der Waals surface area contributed by atoms with Crippen LogP contribution in [0.2, 0.25) is 0 Å². The number of nitrogens with zero attached hydrogens (tertiary/aromatic N) is 1. The molecule has 0 radical (unpaired) electrons. The highest BCUT2D eigenvalue weighted by atomic mass is 16.5. The summed E-state index contributed by atoms with van der Waals surface area (Å²) in [6, 6.07) is 13.6. The quantitative estimate of drug-likeness (QED) is 0.781. The van der Waals surface area contributed by atoms with E-state index in [9.17, 15) is 14.4 Å². The summed E-state index contributed by atoms with van der Waals surface area (Å²) < 4.78 is 5.52. The van der Waals surface area contributed by atoms with E-state index in [-0.39, 0.29) is 24.9 Å². The van der Waals surface area contributed by atoms with Crippen molar-refractivity contribution >= 4 is 23.5 Å². The van der Waals surface area contributed by atoms with Crippen molar-refractivity contribution in [3.63, 3.8) is 0 Å². The van der Waals surface area contributed by atoms with Gasteiger partial charge in [-0.2, -0.15) is 0 Å². The predicted molar refractivity (Wildman–Crippen MR) is 96.0 cm³/mol. The Kier molecular flexibility index (Phi) is 5.17. The van der Waals surface area contributed by atoms with Crippen LogP contribution in [0.15, 0.2) is 48.5 Å². The van der Waals surface area contributed by atoms with Gasteiger partial charge in [-0.15, -0.1) is 0 Å². The van der Waals surface area contributed by atoms with Gasteiger partial charge in [0.1, 0.15) is 5.75 Å². The molecule has 0 aromatic heterocycles. The number of anilines is 1. The number of rotatable bonds is 6. The summed E-state index contributed by atoms with van der Waals surface area (Å²) in [5.41, 5.74) is 1.54. The van der Waals surface area contributed by atoms with Gasteiger partial charge in [0.2, 0.25) is 5.91 Å². The number of carbonyl (C=O) groups is 3. The molecule has 7 nitrogen and oxygen atoms in total. The SMILES string of the molecule is CCOc1ccccc1NC(=O)c1ccccc1CN1C(=O)CNC1=O. The number of nitrogens with one attached hydrogen (secondary N) is 2. The van der Waals surface area contributed by atoms with Crippen molar-refractivity contribution in [2.24, 2.45) is 0 Å². The summed E-state index contributed by atoms with van der Waals surface area (Å²) in [4.78, 5) is 37.4. The number of carbonyl (C=O) groups excluding carboxylic acids is 3. The van der Waals surface area contributed by atoms with Crippen molar-refractivity contribution in [2.45, 2.75) is 13.5 Å². The minimum Gasteiger partial charge on any atom is -0.492 e. The Morgan fingerprint density at radius 3 is 2.62 bits per heavy atom. The average molecular weight is 353 g/mol. The van der Waals surface area contributed by atoms with Crippen molar-refractivity contribution < 1.29 is 19.1 Å². The molecule has 0 atom stereocenters. The number of ether oxygens (including phenoxy) is 1. The molecule has 0 aliphatic carbocycles. The van der Waals surface area contributed by atoms with Crippen molar-refractivity contribution in [2.75, 3.05) is 18.5 Å². The Labute approximate surface area is 150 Å². The van der Waals surface area contributed by atoms with Crippen LogP contribution in [0.3, 0.4) is 0 Å². The van der Waals surface area contributed by atoms with Crippen molar-refractivity contribution in [1.82, 2.24) is 10.2 Å². The number of amides is 4. The zero-order valence-corrected chi connectivity index (χ0v) is 14.3. The summed E-state index contributed by atoms with van der Waals surface area (Å²) in [5.74, 6) is -0.0679. The number of urea groups is 1. The van der Waals surface area contributed by atoms with Gasteiger partial charge >= 0.3 is 6.03 Å². The number of benzene rings is 2. The molecule has 0 spiro atoms. The lowest BCUT2D eigenvalue weighted by atomic mass is 10.1. The molecule has 3 rings (SSSR count). The molecule has 1 aliphatic rings. The highest BCUT2D eigenvalue weighted by Crippen LogP contribution is 2.25. The lowest BCUT2D eigenvalue weighted by Gasteiger charge is -2.16. The van der Waals surface area contributed by atoms with E-state index in [1.165, 1.54) is 0 Å².